The molecule has 0 aliphatic carbocycles. The van der Waals surface area contributed by atoms with Crippen LogP contribution in [0.1, 0.15) is 49.7 Å². The van der Waals surface area contributed by atoms with Crippen LogP contribution in [0.3, 0.4) is 0 Å². The average Bonchev–Trinajstić information content (AvgIpc) is 3.47. The van der Waals surface area contributed by atoms with Crippen molar-refractivity contribution in [2.24, 2.45) is 0 Å². The molecule has 8 heteroatoms. The van der Waals surface area contributed by atoms with Gasteiger partial charge >= 0.3 is 6.09 Å². The van der Waals surface area contributed by atoms with E-state index in [0.29, 0.717) is 44.0 Å². The van der Waals surface area contributed by atoms with E-state index in [0.717, 1.165) is 27.4 Å². The van der Waals surface area contributed by atoms with Gasteiger partial charge in [-0.3, -0.25) is 4.79 Å². The normalized spacial score (nSPS) is 14.8. The highest BCUT2D eigenvalue weighted by Gasteiger charge is 2.28. The summed E-state index contributed by atoms with van der Waals surface area (Å²) in [5, 5.41) is 4.96. The third-order valence-corrected chi connectivity index (χ3v) is 6.29. The molecule has 1 aliphatic heterocycles. The van der Waals surface area contributed by atoms with Crippen LogP contribution in [0.2, 0.25) is 0 Å². The number of para-hydroxylation sites is 1. The third-order valence-electron chi connectivity index (χ3n) is 6.29. The number of ether oxygens (including phenoxy) is 2. The van der Waals surface area contributed by atoms with Gasteiger partial charge < -0.3 is 29.1 Å². The van der Waals surface area contributed by atoms with E-state index >= 15 is 0 Å². The Bertz CT molecular complexity index is 1390. The maximum absolute atomic E-state index is 13.0. The van der Waals surface area contributed by atoms with Crippen molar-refractivity contribution < 1.29 is 23.5 Å². The molecule has 0 unspecified atom stereocenters. The van der Waals surface area contributed by atoms with E-state index in [1.807, 2.05) is 69.3 Å². The molecule has 0 atom stereocenters. The molecule has 0 spiro atoms. The van der Waals surface area contributed by atoms with E-state index in [2.05, 4.69) is 10.3 Å². The van der Waals surface area contributed by atoms with Gasteiger partial charge in [0.15, 0.2) is 0 Å². The standard InChI is InChI=1S/C28H31N3O5/c1-28(2,3)36-27(33)31-13-11-19(12-14-31)29-26(32)23-15-21-22(30-23)8-6-10-25(21)35-17-18-16-34-24-9-5-4-7-20(18)24/h4-10,15-16,19,30H,11-14,17H2,1-3H3,(H,29,32). The zero-order valence-corrected chi connectivity index (χ0v) is 20.8. The number of nitrogens with one attached hydrogen (secondary N) is 2. The number of likely N-dealkylation sites (tertiary alicyclic amines) is 1. The molecule has 2 aromatic carbocycles. The minimum Gasteiger partial charge on any atom is -0.488 e. The van der Waals surface area contributed by atoms with Crippen molar-refractivity contribution in [2.45, 2.75) is 51.9 Å². The first-order valence-electron chi connectivity index (χ1n) is 12.3. The first kappa shape index (κ1) is 23.8. The summed E-state index contributed by atoms with van der Waals surface area (Å²) in [6.45, 7) is 7.02. The van der Waals surface area contributed by atoms with E-state index in [4.69, 9.17) is 13.9 Å². The van der Waals surface area contributed by atoms with E-state index in [1.165, 1.54) is 0 Å². The number of aromatic nitrogens is 1. The summed E-state index contributed by atoms with van der Waals surface area (Å²) < 4.78 is 17.2. The number of hydrogen-bond acceptors (Lipinski definition) is 5. The number of piperidine rings is 1. The fourth-order valence-corrected chi connectivity index (χ4v) is 4.47. The van der Waals surface area contributed by atoms with Crippen molar-refractivity contribution in [3.63, 3.8) is 0 Å². The largest absolute Gasteiger partial charge is 0.488 e. The van der Waals surface area contributed by atoms with Gasteiger partial charge in [-0.15, -0.1) is 0 Å². The lowest BCUT2D eigenvalue weighted by atomic mass is 10.1. The summed E-state index contributed by atoms with van der Waals surface area (Å²) in [4.78, 5) is 30.2. The minimum absolute atomic E-state index is 0.00677. The van der Waals surface area contributed by atoms with Gasteiger partial charge in [-0.1, -0.05) is 24.3 Å². The molecular formula is C28H31N3O5. The minimum atomic E-state index is -0.521. The molecule has 8 nitrogen and oxygen atoms in total. The average molecular weight is 490 g/mol. The van der Waals surface area contributed by atoms with E-state index < -0.39 is 5.60 Å². The molecule has 5 rings (SSSR count). The summed E-state index contributed by atoms with van der Waals surface area (Å²) in [6, 6.07) is 15.4. The van der Waals surface area contributed by atoms with E-state index in [1.54, 1.807) is 11.2 Å². The number of hydrogen-bond donors (Lipinski definition) is 2. The summed E-state index contributed by atoms with van der Waals surface area (Å²) in [5.41, 5.74) is 2.58. The molecule has 1 saturated heterocycles. The topological polar surface area (TPSA) is 96.8 Å². The summed E-state index contributed by atoms with van der Waals surface area (Å²) in [5.74, 6) is 0.521. The number of fused-ring (bicyclic) bond motifs is 2. The molecule has 0 bridgehead atoms. The van der Waals surface area contributed by atoms with Crippen molar-refractivity contribution in [3.8, 4) is 5.75 Å². The van der Waals surface area contributed by atoms with E-state index in [9.17, 15) is 9.59 Å². The number of furan rings is 1. The second-order valence-electron chi connectivity index (χ2n) is 10.2. The van der Waals surface area contributed by atoms with Crippen LogP contribution < -0.4 is 10.1 Å². The van der Waals surface area contributed by atoms with Gasteiger partial charge in [0, 0.05) is 41.0 Å². The first-order valence-corrected chi connectivity index (χ1v) is 12.3. The highest BCUT2D eigenvalue weighted by molar-refractivity contribution is 5.99. The molecule has 3 heterocycles. The fourth-order valence-electron chi connectivity index (χ4n) is 4.47. The lowest BCUT2D eigenvalue weighted by molar-refractivity contribution is 0.0199. The Labute approximate surface area is 209 Å². The number of benzene rings is 2. The molecule has 1 aliphatic rings. The number of H-pyrrole nitrogens is 1. The van der Waals surface area contributed by atoms with Crippen LogP contribution in [0, 0.1) is 0 Å². The third kappa shape index (κ3) is 5.17. The van der Waals surface area contributed by atoms with Crippen molar-refractivity contribution in [1.29, 1.82) is 0 Å². The van der Waals surface area contributed by atoms with Crippen LogP contribution >= 0.6 is 0 Å². The van der Waals surface area contributed by atoms with Crippen LogP contribution in [-0.2, 0) is 11.3 Å². The van der Waals surface area contributed by atoms with Crippen molar-refractivity contribution >= 4 is 33.9 Å². The number of carbonyl (C=O) groups is 2. The zero-order chi connectivity index (χ0) is 25.3. The molecule has 2 amide bonds. The lowest BCUT2D eigenvalue weighted by Gasteiger charge is -2.33. The molecule has 0 saturated carbocycles. The monoisotopic (exact) mass is 489 g/mol. The van der Waals surface area contributed by atoms with E-state index in [-0.39, 0.29) is 18.0 Å². The van der Waals surface area contributed by atoms with Gasteiger partial charge in [0.2, 0.25) is 0 Å². The molecule has 188 valence electrons. The van der Waals surface area contributed by atoms with Crippen molar-refractivity contribution in [1.82, 2.24) is 15.2 Å². The van der Waals surface area contributed by atoms with Gasteiger partial charge in [0.05, 0.1) is 6.26 Å². The number of aromatic amines is 1. The summed E-state index contributed by atoms with van der Waals surface area (Å²) >= 11 is 0. The smallest absolute Gasteiger partial charge is 0.410 e. The summed E-state index contributed by atoms with van der Waals surface area (Å²) in [6.07, 6.45) is 2.77. The maximum atomic E-state index is 13.0. The Hall–Kier alpha value is -3.94. The van der Waals surface area contributed by atoms with Crippen LogP contribution in [-0.4, -0.2) is 46.6 Å². The van der Waals surface area contributed by atoms with Gasteiger partial charge in [0.1, 0.15) is 29.2 Å². The predicted molar refractivity (Wildman–Crippen MR) is 137 cm³/mol. The molecule has 36 heavy (non-hydrogen) atoms. The van der Waals surface area contributed by atoms with Crippen molar-refractivity contribution in [3.05, 3.63) is 66.1 Å². The fraction of sp³-hybridized carbons (Fsp3) is 0.357. The maximum Gasteiger partial charge on any atom is 0.410 e. The quantitative estimate of drug-likeness (QED) is 0.379. The number of amides is 2. The Balaban J connectivity index is 1.21. The molecule has 0 radical (unpaired) electrons. The van der Waals surface area contributed by atoms with Crippen LogP contribution in [0.25, 0.3) is 21.9 Å². The van der Waals surface area contributed by atoms with Gasteiger partial charge in [0.25, 0.3) is 5.91 Å². The molecule has 2 aromatic heterocycles. The highest BCUT2D eigenvalue weighted by Crippen LogP contribution is 2.29. The van der Waals surface area contributed by atoms with Crippen LogP contribution in [0.5, 0.6) is 5.75 Å². The second-order valence-corrected chi connectivity index (χ2v) is 10.2. The van der Waals surface area contributed by atoms with Gasteiger partial charge in [-0.25, -0.2) is 4.79 Å². The zero-order valence-electron chi connectivity index (χ0n) is 20.8. The van der Waals surface area contributed by atoms with Crippen LogP contribution in [0.15, 0.2) is 59.2 Å². The Morgan fingerprint density at radius 1 is 1.08 bits per heavy atom. The van der Waals surface area contributed by atoms with Gasteiger partial charge in [-0.05, 0) is 57.9 Å². The number of nitrogens with zero attached hydrogens (tertiary/aromatic N) is 1. The van der Waals surface area contributed by atoms with Crippen LogP contribution in [0.4, 0.5) is 4.79 Å². The molecular weight excluding hydrogens is 458 g/mol. The molecule has 2 N–H and O–H groups in total. The molecule has 4 aromatic rings. The van der Waals surface area contributed by atoms with Gasteiger partial charge in [-0.2, -0.15) is 0 Å². The predicted octanol–water partition coefficient (Wildman–Crippen LogP) is 5.62. The Kier molecular flexibility index (Phi) is 6.35. The second kappa shape index (κ2) is 9.60. The Morgan fingerprint density at radius 2 is 1.86 bits per heavy atom. The highest BCUT2D eigenvalue weighted by atomic mass is 16.6. The SMILES string of the molecule is CC(C)(C)OC(=O)N1CCC(NC(=O)c2cc3c(OCc4coc5ccccc45)cccc3[nH]2)CC1. The Morgan fingerprint density at radius 3 is 2.64 bits per heavy atom. The number of rotatable bonds is 5. The first-order chi connectivity index (χ1) is 17.3. The molecule has 1 fully saturated rings. The van der Waals surface area contributed by atoms with Crippen molar-refractivity contribution in [2.75, 3.05) is 13.1 Å². The number of carbonyl (C=O) groups excluding carboxylic acids is 2. The summed E-state index contributed by atoms with van der Waals surface area (Å²) in [7, 11) is 0. The lowest BCUT2D eigenvalue weighted by Crippen LogP contribution is -2.47.